The Bertz CT molecular complexity index is 679. The van der Waals surface area contributed by atoms with Crippen LogP contribution >= 0.6 is 0 Å². The van der Waals surface area contributed by atoms with Crippen molar-refractivity contribution in [2.75, 3.05) is 6.61 Å². The van der Waals surface area contributed by atoms with E-state index in [0.29, 0.717) is 36.3 Å². The first-order valence-electron chi connectivity index (χ1n) is 7.88. The number of nitrogens with zero attached hydrogens (tertiary/aromatic N) is 3. The zero-order chi connectivity index (χ0) is 16.7. The molecule has 0 aliphatic heterocycles. The number of carbonyl (C=O) groups excluding carboxylic acids is 2. The van der Waals surface area contributed by atoms with Gasteiger partial charge in [-0.2, -0.15) is 0 Å². The van der Waals surface area contributed by atoms with Crippen LogP contribution in [0.4, 0.5) is 0 Å². The molecule has 122 valence electrons. The Morgan fingerprint density at radius 3 is 2.83 bits per heavy atom. The molecule has 23 heavy (non-hydrogen) atoms. The monoisotopic (exact) mass is 315 g/mol. The molecular weight excluding hydrogens is 294 g/mol. The lowest BCUT2D eigenvalue weighted by atomic mass is 10.1. The lowest BCUT2D eigenvalue weighted by Crippen LogP contribution is -2.09. The third-order valence-corrected chi connectivity index (χ3v) is 3.45. The second kappa shape index (κ2) is 8.22. The third-order valence-electron chi connectivity index (χ3n) is 3.45. The second-order valence-electron chi connectivity index (χ2n) is 5.24. The Kier molecular flexibility index (Phi) is 6.02. The van der Waals surface area contributed by atoms with E-state index in [2.05, 4.69) is 10.3 Å². The van der Waals surface area contributed by atoms with Gasteiger partial charge in [-0.15, -0.1) is 5.10 Å². The predicted octanol–water partition coefficient (Wildman–Crippen LogP) is 2.99. The van der Waals surface area contributed by atoms with Gasteiger partial charge in [0.1, 0.15) is 5.69 Å². The van der Waals surface area contributed by atoms with E-state index in [1.165, 1.54) is 0 Å². The van der Waals surface area contributed by atoms with E-state index in [1.54, 1.807) is 22.9 Å². The zero-order valence-corrected chi connectivity index (χ0v) is 13.5. The summed E-state index contributed by atoms with van der Waals surface area (Å²) in [7, 11) is 0. The molecule has 0 saturated heterocycles. The quantitative estimate of drug-likeness (QED) is 0.425. The molecule has 2 rings (SSSR count). The lowest BCUT2D eigenvalue weighted by molar-refractivity contribution is 0.0499. The zero-order valence-electron chi connectivity index (χ0n) is 13.5. The minimum atomic E-state index is -0.354. The molecule has 1 aromatic carbocycles. The summed E-state index contributed by atoms with van der Waals surface area (Å²) in [6.45, 7) is 4.48. The van der Waals surface area contributed by atoms with Gasteiger partial charge < -0.3 is 4.74 Å². The van der Waals surface area contributed by atoms with Crippen molar-refractivity contribution in [2.45, 2.75) is 39.5 Å². The number of unbranched alkanes of at least 4 members (excludes halogenated alkanes) is 1. The summed E-state index contributed by atoms with van der Waals surface area (Å²) in [6.07, 6.45) is 4.08. The highest BCUT2D eigenvalue weighted by atomic mass is 16.5. The van der Waals surface area contributed by atoms with Crippen LogP contribution in [0, 0.1) is 0 Å². The Morgan fingerprint density at radius 1 is 1.30 bits per heavy atom. The molecular formula is C17H21N3O3. The van der Waals surface area contributed by atoms with E-state index in [-0.39, 0.29) is 5.97 Å². The van der Waals surface area contributed by atoms with Crippen molar-refractivity contribution in [3.63, 3.8) is 0 Å². The van der Waals surface area contributed by atoms with Crippen LogP contribution in [-0.4, -0.2) is 33.9 Å². The summed E-state index contributed by atoms with van der Waals surface area (Å²) < 4.78 is 6.83. The third kappa shape index (κ3) is 4.03. The van der Waals surface area contributed by atoms with Crippen LogP contribution in [0.25, 0.3) is 5.69 Å². The number of rotatable bonds is 8. The Balaban J connectivity index is 2.28. The number of esters is 1. The van der Waals surface area contributed by atoms with Gasteiger partial charge in [-0.3, -0.25) is 4.79 Å². The molecule has 0 N–H and O–H groups in total. The summed E-state index contributed by atoms with van der Waals surface area (Å²) in [6, 6.07) is 7.00. The van der Waals surface area contributed by atoms with Gasteiger partial charge in [-0.05, 0) is 31.0 Å². The topological polar surface area (TPSA) is 74.1 Å². The normalized spacial score (nSPS) is 10.5. The Labute approximate surface area is 135 Å². The van der Waals surface area contributed by atoms with Crippen LogP contribution in [-0.2, 0) is 11.2 Å². The average Bonchev–Trinajstić information content (AvgIpc) is 2.98. The molecule has 6 heteroatoms. The van der Waals surface area contributed by atoms with Crippen molar-refractivity contribution in [1.29, 1.82) is 0 Å². The van der Waals surface area contributed by atoms with Crippen molar-refractivity contribution in [3.05, 3.63) is 41.2 Å². The molecule has 0 aliphatic carbocycles. The number of aromatic nitrogens is 3. The van der Waals surface area contributed by atoms with Gasteiger partial charge in [-0.1, -0.05) is 38.0 Å². The molecule has 1 aromatic heterocycles. The Morgan fingerprint density at radius 2 is 2.13 bits per heavy atom. The number of ether oxygens (including phenoxy) is 1. The van der Waals surface area contributed by atoms with Crippen molar-refractivity contribution in [2.24, 2.45) is 0 Å². The van der Waals surface area contributed by atoms with Crippen LogP contribution in [0.1, 0.15) is 59.7 Å². The maximum atomic E-state index is 12.1. The van der Waals surface area contributed by atoms with Crippen LogP contribution in [0.3, 0.4) is 0 Å². The number of hydrogen-bond donors (Lipinski definition) is 0. The van der Waals surface area contributed by atoms with E-state index in [0.717, 1.165) is 25.0 Å². The van der Waals surface area contributed by atoms with Gasteiger partial charge in [0.25, 0.3) is 0 Å². The summed E-state index contributed by atoms with van der Waals surface area (Å²) >= 11 is 0. The molecule has 0 bridgehead atoms. The molecule has 0 unspecified atom stereocenters. The van der Waals surface area contributed by atoms with Crippen molar-refractivity contribution < 1.29 is 14.3 Å². The smallest absolute Gasteiger partial charge is 0.338 e. The number of benzene rings is 1. The van der Waals surface area contributed by atoms with Crippen LogP contribution in [0.2, 0.25) is 0 Å². The maximum Gasteiger partial charge on any atom is 0.338 e. The predicted molar refractivity (Wildman–Crippen MR) is 85.9 cm³/mol. The van der Waals surface area contributed by atoms with Crippen LogP contribution in [0.5, 0.6) is 0 Å². The number of hydrogen-bond acceptors (Lipinski definition) is 5. The molecule has 2 aromatic rings. The molecule has 0 radical (unpaired) electrons. The minimum Gasteiger partial charge on any atom is -0.462 e. The molecule has 0 saturated carbocycles. The largest absolute Gasteiger partial charge is 0.462 e. The van der Waals surface area contributed by atoms with E-state index in [9.17, 15) is 9.59 Å². The van der Waals surface area contributed by atoms with Gasteiger partial charge in [0.15, 0.2) is 6.29 Å². The highest BCUT2D eigenvalue weighted by Crippen LogP contribution is 2.16. The van der Waals surface area contributed by atoms with Crippen molar-refractivity contribution in [3.8, 4) is 5.69 Å². The molecule has 0 spiro atoms. The fraction of sp³-hybridized carbons (Fsp3) is 0.412. The van der Waals surface area contributed by atoms with Gasteiger partial charge in [0.2, 0.25) is 0 Å². The van der Waals surface area contributed by atoms with E-state index in [4.69, 9.17) is 4.74 Å². The van der Waals surface area contributed by atoms with Gasteiger partial charge in [0.05, 0.1) is 23.6 Å². The standard InChI is InChI=1S/C17H21N3O3/c1-3-5-10-23-17(22)13-8-6-9-14(11-13)20-16(7-4-2)15(12-21)18-19-20/h6,8-9,11-12H,3-5,7,10H2,1-2H3. The van der Waals surface area contributed by atoms with Crippen molar-refractivity contribution >= 4 is 12.3 Å². The van der Waals surface area contributed by atoms with E-state index < -0.39 is 0 Å². The molecule has 1 heterocycles. The fourth-order valence-corrected chi connectivity index (χ4v) is 2.24. The SMILES string of the molecule is CCCCOC(=O)c1cccc(-n2nnc(C=O)c2CCC)c1. The summed E-state index contributed by atoms with van der Waals surface area (Å²) in [5, 5.41) is 7.93. The molecule has 0 amide bonds. The van der Waals surface area contributed by atoms with Gasteiger partial charge in [-0.25, -0.2) is 9.48 Å². The van der Waals surface area contributed by atoms with E-state index in [1.807, 2.05) is 19.9 Å². The maximum absolute atomic E-state index is 12.1. The first kappa shape index (κ1) is 16.9. The van der Waals surface area contributed by atoms with Gasteiger partial charge >= 0.3 is 5.97 Å². The molecule has 0 fully saturated rings. The van der Waals surface area contributed by atoms with Crippen molar-refractivity contribution in [1.82, 2.24) is 15.0 Å². The summed E-state index contributed by atoms with van der Waals surface area (Å²) in [5.74, 6) is -0.354. The number of carbonyl (C=O) groups is 2. The molecule has 0 aliphatic rings. The lowest BCUT2D eigenvalue weighted by Gasteiger charge is -2.08. The highest BCUT2D eigenvalue weighted by molar-refractivity contribution is 5.90. The Hall–Kier alpha value is -2.50. The van der Waals surface area contributed by atoms with Gasteiger partial charge in [0, 0.05) is 0 Å². The average molecular weight is 315 g/mol. The second-order valence-corrected chi connectivity index (χ2v) is 5.24. The fourth-order valence-electron chi connectivity index (χ4n) is 2.24. The molecule has 0 atom stereocenters. The first-order chi connectivity index (χ1) is 11.2. The highest BCUT2D eigenvalue weighted by Gasteiger charge is 2.14. The summed E-state index contributed by atoms with van der Waals surface area (Å²) in [5.41, 5.74) is 2.24. The first-order valence-corrected chi connectivity index (χ1v) is 7.88. The number of aldehydes is 1. The molecule has 6 nitrogen and oxygen atoms in total. The van der Waals surface area contributed by atoms with Crippen LogP contribution in [0.15, 0.2) is 24.3 Å². The van der Waals surface area contributed by atoms with Crippen LogP contribution < -0.4 is 0 Å². The summed E-state index contributed by atoms with van der Waals surface area (Å²) in [4.78, 5) is 23.1. The van der Waals surface area contributed by atoms with E-state index >= 15 is 0 Å². The minimum absolute atomic E-state index is 0.336.